The molecule has 2 N–H and O–H groups in total. The summed E-state index contributed by atoms with van der Waals surface area (Å²) in [6.07, 6.45) is 2.19. The highest BCUT2D eigenvalue weighted by atomic mass is 16.4. The summed E-state index contributed by atoms with van der Waals surface area (Å²) < 4.78 is 0. The van der Waals surface area contributed by atoms with Crippen molar-refractivity contribution in [1.29, 1.82) is 0 Å². The molecule has 0 amide bonds. The van der Waals surface area contributed by atoms with Crippen LogP contribution in [0.25, 0.3) is 0 Å². The second kappa shape index (κ2) is 6.92. The van der Waals surface area contributed by atoms with Crippen molar-refractivity contribution in [1.82, 2.24) is 4.98 Å². The maximum atomic E-state index is 11.3. The molecule has 4 nitrogen and oxygen atoms in total. The molecule has 1 aromatic heterocycles. The van der Waals surface area contributed by atoms with Crippen LogP contribution in [0.15, 0.2) is 12.1 Å². The van der Waals surface area contributed by atoms with E-state index in [1.807, 2.05) is 20.8 Å². The minimum Gasteiger partial charge on any atom is -0.478 e. The van der Waals surface area contributed by atoms with E-state index in [1.54, 1.807) is 12.1 Å². The van der Waals surface area contributed by atoms with Crippen LogP contribution in [0.5, 0.6) is 0 Å². The van der Waals surface area contributed by atoms with Gasteiger partial charge in [-0.25, -0.2) is 9.78 Å². The summed E-state index contributed by atoms with van der Waals surface area (Å²) in [6, 6.07) is 3.55. The number of carboxylic acids is 1. The van der Waals surface area contributed by atoms with E-state index in [1.165, 1.54) is 0 Å². The molecule has 0 aromatic carbocycles. The van der Waals surface area contributed by atoms with Crippen molar-refractivity contribution in [3.8, 4) is 0 Å². The zero-order valence-electron chi connectivity index (χ0n) is 14.0. The van der Waals surface area contributed by atoms with Gasteiger partial charge in [-0.15, -0.1) is 0 Å². The monoisotopic (exact) mass is 292 g/mol. The van der Waals surface area contributed by atoms with Crippen molar-refractivity contribution in [3.63, 3.8) is 0 Å². The molecule has 1 aromatic rings. The summed E-state index contributed by atoms with van der Waals surface area (Å²) in [7, 11) is 0. The first kappa shape index (κ1) is 17.5. The summed E-state index contributed by atoms with van der Waals surface area (Å²) >= 11 is 0. The molecule has 0 saturated carbocycles. The molecule has 0 aliphatic rings. The lowest BCUT2D eigenvalue weighted by molar-refractivity contribution is 0.0696. The molecule has 0 spiro atoms. The van der Waals surface area contributed by atoms with Crippen molar-refractivity contribution in [2.45, 2.75) is 65.8 Å². The van der Waals surface area contributed by atoms with E-state index in [-0.39, 0.29) is 17.0 Å². The lowest BCUT2D eigenvalue weighted by atomic mass is 9.90. The van der Waals surface area contributed by atoms with Crippen LogP contribution in [0.1, 0.15) is 70.4 Å². The largest absolute Gasteiger partial charge is 0.478 e. The van der Waals surface area contributed by atoms with Crippen LogP contribution in [0.4, 0.5) is 5.82 Å². The van der Waals surface area contributed by atoms with E-state index in [9.17, 15) is 9.90 Å². The molecule has 0 aliphatic carbocycles. The predicted octanol–water partition coefficient (Wildman–Crippen LogP) is 4.31. The normalized spacial score (nSPS) is 13.3. The highest BCUT2D eigenvalue weighted by Gasteiger charge is 2.20. The summed E-state index contributed by atoms with van der Waals surface area (Å²) in [5, 5.41) is 12.7. The van der Waals surface area contributed by atoms with Gasteiger partial charge in [0, 0.05) is 17.2 Å². The number of nitrogens with one attached hydrogen (secondary N) is 1. The molecule has 0 bridgehead atoms. The van der Waals surface area contributed by atoms with Gasteiger partial charge in [0.05, 0.1) is 5.56 Å². The second-order valence-corrected chi connectivity index (χ2v) is 6.69. The first-order valence-corrected chi connectivity index (χ1v) is 7.71. The number of aromatic nitrogens is 1. The lowest BCUT2D eigenvalue weighted by Gasteiger charge is -2.25. The first-order valence-electron chi connectivity index (χ1n) is 7.71. The maximum Gasteiger partial charge on any atom is 0.335 e. The Morgan fingerprint density at radius 3 is 2.29 bits per heavy atom. The van der Waals surface area contributed by atoms with Crippen molar-refractivity contribution >= 4 is 11.8 Å². The van der Waals surface area contributed by atoms with Crippen molar-refractivity contribution in [2.75, 3.05) is 5.32 Å². The Morgan fingerprint density at radius 1 is 1.29 bits per heavy atom. The van der Waals surface area contributed by atoms with Crippen LogP contribution in [-0.4, -0.2) is 22.1 Å². The fourth-order valence-corrected chi connectivity index (χ4v) is 2.46. The molecule has 21 heavy (non-hydrogen) atoms. The van der Waals surface area contributed by atoms with E-state index in [2.05, 4.69) is 31.1 Å². The molecule has 118 valence electrons. The number of aromatic carboxylic acids is 1. The number of carbonyl (C=O) groups is 1. The predicted molar refractivity (Wildman–Crippen MR) is 87.1 cm³/mol. The number of hydrogen-bond donors (Lipinski definition) is 2. The highest BCUT2D eigenvalue weighted by Crippen LogP contribution is 2.25. The van der Waals surface area contributed by atoms with Gasteiger partial charge in [-0.05, 0) is 25.0 Å². The van der Waals surface area contributed by atoms with Gasteiger partial charge < -0.3 is 10.4 Å². The van der Waals surface area contributed by atoms with E-state index in [0.29, 0.717) is 11.7 Å². The Hall–Kier alpha value is -1.58. The third kappa shape index (κ3) is 4.73. The highest BCUT2D eigenvalue weighted by molar-refractivity contribution is 5.88. The Kier molecular flexibility index (Phi) is 5.76. The SMILES string of the molecule is CCC(CC)C(C)Nc1cc(C(=O)O)cc(C(C)(C)C)n1. The average Bonchev–Trinajstić information content (AvgIpc) is 2.38. The molecule has 0 saturated heterocycles. The minimum absolute atomic E-state index is 0.181. The van der Waals surface area contributed by atoms with Crippen LogP contribution in [-0.2, 0) is 5.41 Å². The molecule has 1 unspecified atom stereocenters. The third-order valence-corrected chi connectivity index (χ3v) is 3.97. The van der Waals surface area contributed by atoms with Crippen LogP contribution >= 0.6 is 0 Å². The summed E-state index contributed by atoms with van der Waals surface area (Å²) in [5.74, 6) is 0.290. The van der Waals surface area contributed by atoms with Crippen LogP contribution in [0.3, 0.4) is 0 Å². The Bertz CT molecular complexity index is 488. The van der Waals surface area contributed by atoms with Gasteiger partial charge in [0.25, 0.3) is 0 Å². The second-order valence-electron chi connectivity index (χ2n) is 6.69. The first-order chi connectivity index (χ1) is 9.68. The fraction of sp³-hybridized carbons (Fsp3) is 0.647. The van der Waals surface area contributed by atoms with Gasteiger partial charge >= 0.3 is 5.97 Å². The maximum absolute atomic E-state index is 11.3. The number of carboxylic acid groups (broad SMARTS) is 1. The molecule has 0 radical (unpaired) electrons. The number of hydrogen-bond acceptors (Lipinski definition) is 3. The standard InChI is InChI=1S/C17H28N2O2/c1-7-12(8-2)11(3)18-15-10-13(16(20)21)9-14(19-15)17(4,5)6/h9-12H,7-8H2,1-6H3,(H,18,19)(H,20,21). The van der Waals surface area contributed by atoms with E-state index in [0.717, 1.165) is 18.5 Å². The number of rotatable bonds is 6. The third-order valence-electron chi connectivity index (χ3n) is 3.97. The zero-order valence-corrected chi connectivity index (χ0v) is 14.0. The fourth-order valence-electron chi connectivity index (χ4n) is 2.46. The summed E-state index contributed by atoms with van der Waals surface area (Å²) in [5.41, 5.74) is 0.899. The van der Waals surface area contributed by atoms with E-state index < -0.39 is 5.97 Å². The minimum atomic E-state index is -0.916. The quantitative estimate of drug-likeness (QED) is 0.820. The Morgan fingerprint density at radius 2 is 1.86 bits per heavy atom. The summed E-state index contributed by atoms with van der Waals surface area (Å²) in [4.78, 5) is 15.9. The molecule has 1 heterocycles. The van der Waals surface area contributed by atoms with Crippen LogP contribution in [0, 0.1) is 5.92 Å². The number of anilines is 1. The van der Waals surface area contributed by atoms with Crippen molar-refractivity contribution in [3.05, 3.63) is 23.4 Å². The smallest absolute Gasteiger partial charge is 0.335 e. The van der Waals surface area contributed by atoms with E-state index >= 15 is 0 Å². The molecule has 1 atom stereocenters. The zero-order chi connectivity index (χ0) is 16.2. The molecular formula is C17H28N2O2. The molecule has 0 fully saturated rings. The van der Waals surface area contributed by atoms with Crippen LogP contribution in [0.2, 0.25) is 0 Å². The van der Waals surface area contributed by atoms with Crippen molar-refractivity contribution in [2.24, 2.45) is 5.92 Å². The molecule has 1 rings (SSSR count). The van der Waals surface area contributed by atoms with Crippen LogP contribution < -0.4 is 5.32 Å². The number of pyridine rings is 1. The Labute approximate surface area is 128 Å². The number of nitrogens with zero attached hydrogens (tertiary/aromatic N) is 1. The van der Waals surface area contributed by atoms with Crippen molar-refractivity contribution < 1.29 is 9.90 Å². The molecular weight excluding hydrogens is 264 g/mol. The summed E-state index contributed by atoms with van der Waals surface area (Å²) in [6.45, 7) is 12.6. The molecule has 0 aliphatic heterocycles. The molecule has 4 heteroatoms. The van der Waals surface area contributed by atoms with Gasteiger partial charge in [0.1, 0.15) is 5.82 Å². The van der Waals surface area contributed by atoms with E-state index in [4.69, 9.17) is 0 Å². The van der Waals surface area contributed by atoms with Gasteiger partial charge in [0.15, 0.2) is 0 Å². The average molecular weight is 292 g/mol. The topological polar surface area (TPSA) is 62.2 Å². The van der Waals surface area contributed by atoms with Gasteiger partial charge in [-0.3, -0.25) is 0 Å². The van der Waals surface area contributed by atoms with Gasteiger partial charge in [-0.2, -0.15) is 0 Å². The van der Waals surface area contributed by atoms with Gasteiger partial charge in [-0.1, -0.05) is 47.5 Å². The van der Waals surface area contributed by atoms with Gasteiger partial charge in [0.2, 0.25) is 0 Å². The lowest BCUT2D eigenvalue weighted by Crippen LogP contribution is -2.26. The Balaban J connectivity index is 3.12.